The van der Waals surface area contributed by atoms with Gasteiger partial charge >= 0.3 is 5.97 Å². The van der Waals surface area contributed by atoms with Crippen molar-refractivity contribution in [1.29, 1.82) is 0 Å². The average molecular weight is 257 g/mol. The van der Waals surface area contributed by atoms with Crippen LogP contribution in [-0.2, 0) is 9.59 Å². The van der Waals surface area contributed by atoms with Crippen molar-refractivity contribution < 1.29 is 14.7 Å². The third-order valence-electron chi connectivity index (χ3n) is 3.24. The van der Waals surface area contributed by atoms with Crippen molar-refractivity contribution in [3.63, 3.8) is 0 Å². The number of nitrogens with zero attached hydrogens (tertiary/aromatic N) is 1. The molecule has 1 saturated heterocycles. The summed E-state index contributed by atoms with van der Waals surface area (Å²) in [5, 5.41) is 10.7. The van der Waals surface area contributed by atoms with Crippen molar-refractivity contribution in [2.75, 3.05) is 19.6 Å². The molecule has 1 aliphatic heterocycles. The quantitative estimate of drug-likeness (QED) is 0.418. The molecule has 104 valence electrons. The van der Waals surface area contributed by atoms with Gasteiger partial charge in [0, 0.05) is 25.6 Å². The molecule has 0 saturated carbocycles. The number of piperidine rings is 1. The Morgan fingerprint density at radius 1 is 1.56 bits per heavy atom. The summed E-state index contributed by atoms with van der Waals surface area (Å²) in [5.74, 6) is -0.792. The van der Waals surface area contributed by atoms with Gasteiger partial charge in [-0.25, -0.2) is 5.01 Å². The molecular weight excluding hydrogens is 234 g/mol. The number of aliphatic carboxylic acids is 1. The monoisotopic (exact) mass is 257 g/mol. The largest absolute Gasteiger partial charge is 0.480 e. The number of rotatable bonds is 8. The molecule has 0 amide bonds. The first kappa shape index (κ1) is 15.1. The number of carboxylic acids is 1. The summed E-state index contributed by atoms with van der Waals surface area (Å²) in [4.78, 5) is 21.2. The zero-order valence-corrected chi connectivity index (χ0v) is 10.7. The normalized spacial score (nSPS) is 22.6. The molecule has 6 heteroatoms. The van der Waals surface area contributed by atoms with Crippen LogP contribution in [0.15, 0.2) is 0 Å². The summed E-state index contributed by atoms with van der Waals surface area (Å²) < 4.78 is 0. The van der Waals surface area contributed by atoms with E-state index >= 15 is 0 Å². The van der Waals surface area contributed by atoms with Crippen molar-refractivity contribution in [2.24, 2.45) is 11.7 Å². The molecule has 0 radical (unpaired) electrons. The minimum atomic E-state index is -0.937. The van der Waals surface area contributed by atoms with E-state index in [4.69, 9.17) is 10.8 Å². The molecule has 18 heavy (non-hydrogen) atoms. The molecule has 1 rings (SSSR count). The fourth-order valence-corrected chi connectivity index (χ4v) is 2.11. The van der Waals surface area contributed by atoms with E-state index in [0.717, 1.165) is 51.6 Å². The molecule has 1 aliphatic rings. The van der Waals surface area contributed by atoms with Gasteiger partial charge in [-0.1, -0.05) is 0 Å². The van der Waals surface area contributed by atoms with Crippen molar-refractivity contribution in [3.05, 3.63) is 0 Å². The molecule has 1 heterocycles. The predicted molar refractivity (Wildman–Crippen MR) is 67.8 cm³/mol. The minimum absolute atomic E-state index is 0.145. The Balaban J connectivity index is 2.04. The van der Waals surface area contributed by atoms with Gasteiger partial charge in [-0.15, -0.1) is 0 Å². The van der Waals surface area contributed by atoms with Crippen LogP contribution < -0.4 is 11.2 Å². The first-order chi connectivity index (χ1) is 8.63. The van der Waals surface area contributed by atoms with Gasteiger partial charge in [-0.3, -0.25) is 10.2 Å². The van der Waals surface area contributed by atoms with Gasteiger partial charge in [-0.2, -0.15) is 0 Å². The van der Waals surface area contributed by atoms with E-state index in [1.807, 2.05) is 0 Å². The van der Waals surface area contributed by atoms with E-state index in [1.165, 1.54) is 0 Å². The standard InChI is InChI=1S/C12H23N3O3/c13-11(12(17)18)5-1-2-6-14-15-7-3-4-10(8-15)9-16/h9-11,14H,1-8,13H2,(H,17,18)/t10?,11-/m0/s1. The Hall–Kier alpha value is -0.980. The number of hydrogen-bond acceptors (Lipinski definition) is 5. The first-order valence-electron chi connectivity index (χ1n) is 6.55. The van der Waals surface area contributed by atoms with Gasteiger partial charge in [0.2, 0.25) is 0 Å². The lowest BCUT2D eigenvalue weighted by atomic mass is 10.0. The van der Waals surface area contributed by atoms with E-state index in [2.05, 4.69) is 10.4 Å². The highest BCUT2D eigenvalue weighted by molar-refractivity contribution is 5.72. The topological polar surface area (TPSA) is 95.7 Å². The molecule has 0 aromatic rings. The number of carbonyl (C=O) groups is 2. The predicted octanol–water partition coefficient (Wildman–Crippen LogP) is -0.0159. The zero-order chi connectivity index (χ0) is 13.4. The third-order valence-corrected chi connectivity index (χ3v) is 3.24. The first-order valence-corrected chi connectivity index (χ1v) is 6.55. The van der Waals surface area contributed by atoms with Crippen LogP contribution in [0.5, 0.6) is 0 Å². The maximum absolute atomic E-state index is 10.7. The number of carbonyl (C=O) groups excluding carboxylic acids is 1. The molecule has 2 atom stereocenters. The molecule has 0 aromatic heterocycles. The molecule has 6 nitrogen and oxygen atoms in total. The van der Waals surface area contributed by atoms with Gasteiger partial charge in [0.25, 0.3) is 0 Å². The second kappa shape index (κ2) is 8.18. The minimum Gasteiger partial charge on any atom is -0.480 e. The summed E-state index contributed by atoms with van der Waals surface area (Å²) in [6, 6.07) is -0.751. The third kappa shape index (κ3) is 5.57. The van der Waals surface area contributed by atoms with E-state index in [1.54, 1.807) is 0 Å². The van der Waals surface area contributed by atoms with E-state index in [9.17, 15) is 9.59 Å². The number of carboxylic acid groups (broad SMARTS) is 1. The second-order valence-electron chi connectivity index (χ2n) is 4.83. The average Bonchev–Trinajstić information content (AvgIpc) is 2.38. The Morgan fingerprint density at radius 3 is 3.00 bits per heavy atom. The molecule has 0 bridgehead atoms. The highest BCUT2D eigenvalue weighted by atomic mass is 16.4. The highest BCUT2D eigenvalue weighted by Crippen LogP contribution is 2.12. The van der Waals surface area contributed by atoms with Crippen LogP contribution >= 0.6 is 0 Å². The Kier molecular flexibility index (Phi) is 6.85. The van der Waals surface area contributed by atoms with Gasteiger partial charge in [-0.05, 0) is 32.1 Å². The van der Waals surface area contributed by atoms with Crippen molar-refractivity contribution >= 4 is 12.3 Å². The molecule has 1 unspecified atom stereocenters. The number of nitrogens with two attached hydrogens (primary N) is 1. The summed E-state index contributed by atoms with van der Waals surface area (Å²) in [6.45, 7) is 2.55. The van der Waals surface area contributed by atoms with Crippen molar-refractivity contribution in [3.8, 4) is 0 Å². The summed E-state index contributed by atoms with van der Waals surface area (Å²) in [7, 11) is 0. The number of hydrazine groups is 1. The molecule has 0 spiro atoms. The number of aldehydes is 1. The lowest BCUT2D eigenvalue weighted by molar-refractivity contribution is -0.138. The van der Waals surface area contributed by atoms with Gasteiger partial charge in [0.05, 0.1) is 0 Å². The van der Waals surface area contributed by atoms with Crippen molar-refractivity contribution in [1.82, 2.24) is 10.4 Å². The van der Waals surface area contributed by atoms with Crippen LogP contribution in [0, 0.1) is 5.92 Å². The van der Waals surface area contributed by atoms with Crippen LogP contribution in [0.3, 0.4) is 0 Å². The number of hydrogen-bond donors (Lipinski definition) is 3. The van der Waals surface area contributed by atoms with E-state index in [-0.39, 0.29) is 5.92 Å². The molecular formula is C12H23N3O3. The SMILES string of the molecule is N[C@@H](CCCCNN1CCCC(C=O)C1)C(=O)O. The fraction of sp³-hybridized carbons (Fsp3) is 0.833. The van der Waals surface area contributed by atoms with Crippen LogP contribution in [0.25, 0.3) is 0 Å². The van der Waals surface area contributed by atoms with Crippen LogP contribution in [0.2, 0.25) is 0 Å². The molecule has 0 aliphatic carbocycles. The Morgan fingerprint density at radius 2 is 2.33 bits per heavy atom. The molecule has 0 aromatic carbocycles. The van der Waals surface area contributed by atoms with Gasteiger partial charge < -0.3 is 15.6 Å². The lowest BCUT2D eigenvalue weighted by Gasteiger charge is -2.30. The Bertz CT molecular complexity index is 273. The van der Waals surface area contributed by atoms with Crippen molar-refractivity contribution in [2.45, 2.75) is 38.1 Å². The summed E-state index contributed by atoms with van der Waals surface area (Å²) >= 11 is 0. The highest BCUT2D eigenvalue weighted by Gasteiger charge is 2.18. The summed E-state index contributed by atoms with van der Waals surface area (Å²) in [6.07, 6.45) is 5.25. The lowest BCUT2D eigenvalue weighted by Crippen LogP contribution is -2.45. The van der Waals surface area contributed by atoms with Gasteiger partial charge in [0.1, 0.15) is 12.3 Å². The maximum Gasteiger partial charge on any atom is 0.320 e. The van der Waals surface area contributed by atoms with Crippen LogP contribution in [-0.4, -0.2) is 48.0 Å². The maximum atomic E-state index is 10.7. The smallest absolute Gasteiger partial charge is 0.320 e. The summed E-state index contributed by atoms with van der Waals surface area (Å²) in [5.41, 5.74) is 8.68. The number of unbranched alkanes of at least 4 members (excludes halogenated alkanes) is 1. The van der Waals surface area contributed by atoms with E-state index in [0.29, 0.717) is 6.42 Å². The van der Waals surface area contributed by atoms with Crippen LogP contribution in [0.1, 0.15) is 32.1 Å². The molecule has 4 N–H and O–H groups in total. The van der Waals surface area contributed by atoms with E-state index < -0.39 is 12.0 Å². The Labute approximate surface area is 107 Å². The number of nitrogens with one attached hydrogen (secondary N) is 1. The molecule has 1 fully saturated rings. The second-order valence-corrected chi connectivity index (χ2v) is 4.83. The van der Waals surface area contributed by atoms with Crippen LogP contribution in [0.4, 0.5) is 0 Å². The fourth-order valence-electron chi connectivity index (χ4n) is 2.11. The zero-order valence-electron chi connectivity index (χ0n) is 10.7. The van der Waals surface area contributed by atoms with Gasteiger partial charge in [0.15, 0.2) is 0 Å².